The third-order valence-corrected chi connectivity index (χ3v) is 4.97. The highest BCUT2D eigenvalue weighted by atomic mass is 31.2. The number of benzene rings is 1. The maximum absolute atomic E-state index is 12.2. The van der Waals surface area contributed by atoms with Gasteiger partial charge < -0.3 is 13.9 Å². The average molecular weight is 243 g/mol. The van der Waals surface area contributed by atoms with E-state index in [1.54, 1.807) is 0 Å². The summed E-state index contributed by atoms with van der Waals surface area (Å²) in [5, 5.41) is 0. The second-order valence-electron chi connectivity index (χ2n) is 3.48. The van der Waals surface area contributed by atoms with Gasteiger partial charge in [-0.15, -0.1) is 0 Å². The van der Waals surface area contributed by atoms with E-state index in [9.17, 15) is 4.57 Å². The Kier molecular flexibility index (Phi) is 4.54. The third kappa shape index (κ3) is 2.64. The third-order valence-electron chi connectivity index (χ3n) is 2.69. The van der Waals surface area contributed by atoms with Crippen LogP contribution in [0.3, 0.4) is 0 Å². The normalized spacial score (nSPS) is 13.5. The van der Waals surface area contributed by atoms with E-state index in [1.807, 2.05) is 49.2 Å². The van der Waals surface area contributed by atoms with Crippen molar-refractivity contribution in [1.82, 2.24) is 0 Å². The molecule has 0 bridgehead atoms. The quantitative estimate of drug-likeness (QED) is 0.745. The van der Waals surface area contributed by atoms with Gasteiger partial charge in [0.1, 0.15) is 5.78 Å². The van der Waals surface area contributed by atoms with E-state index in [0.717, 1.165) is 5.69 Å². The van der Waals surface area contributed by atoms with E-state index in [4.69, 9.17) is 9.05 Å². The van der Waals surface area contributed by atoms with Gasteiger partial charge in [0.25, 0.3) is 0 Å². The highest BCUT2D eigenvalue weighted by Gasteiger charge is 2.33. The van der Waals surface area contributed by atoms with Crippen molar-refractivity contribution in [2.75, 3.05) is 26.2 Å². The summed E-state index contributed by atoms with van der Waals surface area (Å²) in [5.74, 6) is -0.329. The molecule has 1 aromatic rings. The van der Waals surface area contributed by atoms with Crippen LogP contribution in [0.4, 0.5) is 5.69 Å². The van der Waals surface area contributed by atoms with E-state index in [2.05, 4.69) is 0 Å². The number of hydrogen-bond acceptors (Lipinski definition) is 4. The second-order valence-corrected chi connectivity index (χ2v) is 6.04. The monoisotopic (exact) mass is 243 g/mol. The predicted molar refractivity (Wildman–Crippen MR) is 65.9 cm³/mol. The molecule has 0 N–H and O–H groups in total. The molecule has 4 nitrogen and oxygen atoms in total. The van der Waals surface area contributed by atoms with Gasteiger partial charge in [-0.05, 0) is 19.1 Å². The van der Waals surface area contributed by atoms with E-state index < -0.39 is 7.60 Å². The van der Waals surface area contributed by atoms with Crippen LogP contribution in [0.15, 0.2) is 30.3 Å². The van der Waals surface area contributed by atoms with E-state index in [0.29, 0.717) is 0 Å². The van der Waals surface area contributed by atoms with Crippen molar-refractivity contribution >= 4 is 13.3 Å². The van der Waals surface area contributed by atoms with Crippen LogP contribution < -0.4 is 4.90 Å². The molecule has 90 valence electrons. The van der Waals surface area contributed by atoms with E-state index >= 15 is 0 Å². The minimum Gasteiger partial charge on any atom is -0.361 e. The van der Waals surface area contributed by atoms with Gasteiger partial charge in [-0.1, -0.05) is 18.2 Å². The van der Waals surface area contributed by atoms with Crippen molar-refractivity contribution in [1.29, 1.82) is 0 Å². The molecular formula is C11H18NO3P. The Morgan fingerprint density at radius 3 is 2.12 bits per heavy atom. The first kappa shape index (κ1) is 13.2. The number of para-hydroxylation sites is 1. The second kappa shape index (κ2) is 5.48. The van der Waals surface area contributed by atoms with Crippen LogP contribution in [0, 0.1) is 0 Å². The molecule has 0 aliphatic carbocycles. The minimum atomic E-state index is -3.07. The SMILES string of the molecule is COP(=O)(OC)C(C)N(C)c1ccccc1. The van der Waals surface area contributed by atoms with Gasteiger partial charge in [0.05, 0.1) is 0 Å². The lowest BCUT2D eigenvalue weighted by atomic mass is 10.3. The molecule has 0 aliphatic heterocycles. The van der Waals surface area contributed by atoms with Crippen LogP contribution in [0.5, 0.6) is 0 Å². The smallest absolute Gasteiger partial charge is 0.352 e. The Balaban J connectivity index is 2.90. The molecule has 0 spiro atoms. The summed E-state index contributed by atoms with van der Waals surface area (Å²) in [5.41, 5.74) is 0.976. The van der Waals surface area contributed by atoms with Crippen LogP contribution >= 0.6 is 7.60 Å². The zero-order valence-corrected chi connectivity index (χ0v) is 11.0. The molecule has 0 saturated carbocycles. The molecule has 1 rings (SSSR count). The molecular weight excluding hydrogens is 225 g/mol. The van der Waals surface area contributed by atoms with Gasteiger partial charge >= 0.3 is 7.60 Å². The van der Waals surface area contributed by atoms with Crippen LogP contribution in [-0.4, -0.2) is 27.1 Å². The Bertz CT molecular complexity index is 361. The fraction of sp³-hybridized carbons (Fsp3) is 0.455. The van der Waals surface area contributed by atoms with Gasteiger partial charge in [-0.25, -0.2) is 0 Å². The van der Waals surface area contributed by atoms with Gasteiger partial charge in [0, 0.05) is 27.0 Å². The lowest BCUT2D eigenvalue weighted by Crippen LogP contribution is -2.29. The molecule has 5 heteroatoms. The van der Waals surface area contributed by atoms with Crippen molar-refractivity contribution in [3.05, 3.63) is 30.3 Å². The lowest BCUT2D eigenvalue weighted by molar-refractivity contribution is 0.267. The van der Waals surface area contributed by atoms with Gasteiger partial charge in [0.15, 0.2) is 0 Å². The molecule has 0 saturated heterocycles. The summed E-state index contributed by atoms with van der Waals surface area (Å²) >= 11 is 0. The topological polar surface area (TPSA) is 38.8 Å². The van der Waals surface area contributed by atoms with Crippen LogP contribution in [0.1, 0.15) is 6.92 Å². The van der Waals surface area contributed by atoms with Crippen LogP contribution in [-0.2, 0) is 13.6 Å². The molecule has 0 heterocycles. The predicted octanol–water partition coefficient (Wildman–Crippen LogP) is 2.95. The average Bonchev–Trinajstić information content (AvgIpc) is 2.37. The largest absolute Gasteiger partial charge is 0.361 e. The first-order valence-electron chi connectivity index (χ1n) is 5.04. The molecule has 0 aromatic heterocycles. The summed E-state index contributed by atoms with van der Waals surface area (Å²) < 4.78 is 22.1. The molecule has 0 radical (unpaired) electrons. The van der Waals surface area contributed by atoms with Gasteiger partial charge in [-0.3, -0.25) is 4.57 Å². The van der Waals surface area contributed by atoms with Gasteiger partial charge in [-0.2, -0.15) is 0 Å². The fourth-order valence-electron chi connectivity index (χ4n) is 1.47. The number of hydrogen-bond donors (Lipinski definition) is 0. The van der Waals surface area contributed by atoms with E-state index in [-0.39, 0.29) is 5.78 Å². The Labute approximate surface area is 96.7 Å². The summed E-state index contributed by atoms with van der Waals surface area (Å²) in [7, 11) is 1.60. The summed E-state index contributed by atoms with van der Waals surface area (Å²) in [6.07, 6.45) is 0. The first-order chi connectivity index (χ1) is 7.55. The molecule has 0 fully saturated rings. The molecule has 1 atom stereocenters. The molecule has 1 unspecified atom stereocenters. The first-order valence-corrected chi connectivity index (χ1v) is 6.65. The van der Waals surface area contributed by atoms with Crippen molar-refractivity contribution < 1.29 is 13.6 Å². The Morgan fingerprint density at radius 1 is 1.19 bits per heavy atom. The molecule has 0 amide bonds. The van der Waals surface area contributed by atoms with E-state index in [1.165, 1.54) is 14.2 Å². The maximum atomic E-state index is 12.2. The number of rotatable bonds is 5. The van der Waals surface area contributed by atoms with Crippen molar-refractivity contribution in [2.45, 2.75) is 12.7 Å². The lowest BCUT2D eigenvalue weighted by Gasteiger charge is -2.30. The minimum absolute atomic E-state index is 0.329. The number of nitrogens with zero attached hydrogens (tertiary/aromatic N) is 1. The molecule has 1 aromatic carbocycles. The highest BCUT2D eigenvalue weighted by Crippen LogP contribution is 2.52. The fourth-order valence-corrected chi connectivity index (χ4v) is 2.79. The summed E-state index contributed by atoms with van der Waals surface area (Å²) in [6, 6.07) is 9.71. The van der Waals surface area contributed by atoms with Crippen molar-refractivity contribution in [2.24, 2.45) is 0 Å². The molecule has 16 heavy (non-hydrogen) atoms. The number of anilines is 1. The summed E-state index contributed by atoms with van der Waals surface area (Å²) in [6.45, 7) is 1.82. The highest BCUT2D eigenvalue weighted by molar-refractivity contribution is 7.54. The van der Waals surface area contributed by atoms with Crippen LogP contribution in [0.25, 0.3) is 0 Å². The van der Waals surface area contributed by atoms with Crippen molar-refractivity contribution in [3.8, 4) is 0 Å². The van der Waals surface area contributed by atoms with Gasteiger partial charge in [0.2, 0.25) is 0 Å². The zero-order valence-electron chi connectivity index (χ0n) is 10.1. The summed E-state index contributed by atoms with van der Waals surface area (Å²) in [4.78, 5) is 1.88. The van der Waals surface area contributed by atoms with Crippen LogP contribution in [0.2, 0.25) is 0 Å². The zero-order chi connectivity index (χ0) is 12.2. The molecule has 0 aliphatic rings. The van der Waals surface area contributed by atoms with Crippen molar-refractivity contribution in [3.63, 3.8) is 0 Å². The Hall–Kier alpha value is -0.830. The standard InChI is InChI=1S/C11H18NO3P/c1-10(16(13,14-3)15-4)12(2)11-8-6-5-7-9-11/h5-10H,1-4H3. The maximum Gasteiger partial charge on any atom is 0.352 e. The Morgan fingerprint density at radius 2 is 1.69 bits per heavy atom.